The number of hydrogen-bond acceptors (Lipinski definition) is 8. The van der Waals surface area contributed by atoms with Gasteiger partial charge in [0, 0.05) is 12.1 Å². The van der Waals surface area contributed by atoms with Gasteiger partial charge in [-0.3, -0.25) is 14.9 Å². The van der Waals surface area contributed by atoms with E-state index >= 15 is 0 Å². The molecule has 1 aromatic heterocycles. The number of nitrogens with zero attached hydrogens (tertiary/aromatic N) is 5. The number of fused-ring (bicyclic) bond motifs is 2. The first-order valence-electron chi connectivity index (χ1n) is 10.0. The van der Waals surface area contributed by atoms with Crippen LogP contribution in [0.4, 0.5) is 5.69 Å². The number of thioether (sulfide) groups is 1. The molecule has 5 rings (SSSR count). The summed E-state index contributed by atoms with van der Waals surface area (Å²) in [4.78, 5) is 37.4. The molecular weight excluding hydrogens is 434 g/mol. The van der Waals surface area contributed by atoms with E-state index in [2.05, 4.69) is 10.3 Å². The molecule has 0 unspecified atom stereocenters. The summed E-state index contributed by atoms with van der Waals surface area (Å²) >= 11 is 1.58. The Morgan fingerprint density at radius 3 is 2.75 bits per heavy atom. The number of rotatable bonds is 6. The molecule has 1 amide bonds. The minimum Gasteiger partial charge on any atom is -0.459 e. The highest BCUT2D eigenvalue weighted by atomic mass is 32.2. The molecule has 0 N–H and O–H groups in total. The molecule has 2 aromatic carbocycles. The number of benzene rings is 2. The quantitative estimate of drug-likeness (QED) is 0.242. The van der Waals surface area contributed by atoms with Crippen LogP contribution in [0.3, 0.4) is 0 Å². The summed E-state index contributed by atoms with van der Waals surface area (Å²) in [6.07, 6.45) is 0.393. The van der Waals surface area contributed by atoms with Gasteiger partial charge in [-0.1, -0.05) is 17.3 Å². The molecular formula is C21H19N5O5S. The van der Waals surface area contributed by atoms with Crippen LogP contribution in [-0.4, -0.2) is 52.9 Å². The second kappa shape index (κ2) is 7.59. The minimum absolute atomic E-state index is 0.0334. The van der Waals surface area contributed by atoms with Gasteiger partial charge < -0.3 is 9.64 Å². The Morgan fingerprint density at radius 1 is 1.28 bits per heavy atom. The summed E-state index contributed by atoms with van der Waals surface area (Å²) in [5.74, 6) is -0.578. The lowest BCUT2D eigenvalue weighted by Crippen LogP contribution is -2.58. The summed E-state index contributed by atoms with van der Waals surface area (Å²) < 4.78 is 6.66. The molecule has 2 fully saturated rings. The largest absolute Gasteiger partial charge is 0.459 e. The van der Waals surface area contributed by atoms with Gasteiger partial charge in [0.15, 0.2) is 0 Å². The highest BCUT2D eigenvalue weighted by molar-refractivity contribution is 8.01. The number of aromatic nitrogens is 3. The first-order valence-corrected chi connectivity index (χ1v) is 10.9. The molecule has 2 aliphatic rings. The van der Waals surface area contributed by atoms with Crippen molar-refractivity contribution >= 4 is 40.4 Å². The second-order valence-electron chi connectivity index (χ2n) is 8.06. The summed E-state index contributed by atoms with van der Waals surface area (Å²) in [5.41, 5.74) is 2.21. The molecule has 2 saturated heterocycles. The van der Waals surface area contributed by atoms with Gasteiger partial charge in [0.05, 0.1) is 33.5 Å². The average Bonchev–Trinajstić information content (AvgIpc) is 3.28. The van der Waals surface area contributed by atoms with Crippen molar-refractivity contribution in [3.8, 4) is 0 Å². The number of β-lactam (4-membered cyclic amide) rings is 1. The fourth-order valence-corrected chi connectivity index (χ4v) is 5.98. The summed E-state index contributed by atoms with van der Waals surface area (Å²) in [6, 6.07) is 12.6. The molecule has 0 spiro atoms. The first kappa shape index (κ1) is 20.4. The third-order valence-electron chi connectivity index (χ3n) is 5.84. The lowest BCUT2D eigenvalue weighted by atomic mass is 9.96. The Labute approximate surface area is 186 Å². The van der Waals surface area contributed by atoms with Crippen LogP contribution in [0, 0.1) is 10.1 Å². The van der Waals surface area contributed by atoms with Crippen molar-refractivity contribution in [2.24, 2.45) is 0 Å². The van der Waals surface area contributed by atoms with Crippen molar-refractivity contribution in [3.05, 3.63) is 64.2 Å². The summed E-state index contributed by atoms with van der Waals surface area (Å²) in [7, 11) is 0. The van der Waals surface area contributed by atoms with Crippen LogP contribution in [0.2, 0.25) is 0 Å². The summed E-state index contributed by atoms with van der Waals surface area (Å²) in [6.45, 7) is 2.29. The van der Waals surface area contributed by atoms with Crippen molar-refractivity contribution in [2.45, 2.75) is 42.7 Å². The van der Waals surface area contributed by atoms with E-state index in [1.165, 1.54) is 12.1 Å². The standard InChI is InChI=1S/C21H19N5O5S/c1-21(12-24-16-5-3-2-4-15(16)22-23-24)19(25-17(27)10-18(25)32-21)20(28)31-11-13-6-8-14(9-7-13)26(29)30/h2-9,18-19H,10-12H2,1H3/t18-,19-,21-/m0/s1. The van der Waals surface area contributed by atoms with Gasteiger partial charge >= 0.3 is 5.97 Å². The Morgan fingerprint density at radius 2 is 2.03 bits per heavy atom. The van der Waals surface area contributed by atoms with Crippen LogP contribution in [-0.2, 0) is 27.5 Å². The number of non-ortho nitro benzene ring substituents is 1. The van der Waals surface area contributed by atoms with Crippen molar-refractivity contribution in [3.63, 3.8) is 0 Å². The van der Waals surface area contributed by atoms with E-state index < -0.39 is 21.7 Å². The predicted octanol–water partition coefficient (Wildman–Crippen LogP) is 2.52. The number of hydrogen-bond donors (Lipinski definition) is 0. The van der Waals surface area contributed by atoms with Gasteiger partial charge in [0.1, 0.15) is 18.2 Å². The van der Waals surface area contributed by atoms with Crippen molar-refractivity contribution in [2.75, 3.05) is 0 Å². The summed E-state index contributed by atoms with van der Waals surface area (Å²) in [5, 5.41) is 19.2. The van der Waals surface area contributed by atoms with Gasteiger partial charge in [-0.05, 0) is 36.8 Å². The third-order valence-corrected chi connectivity index (χ3v) is 7.40. The SMILES string of the molecule is C[C@@]1(Cn2nnc3ccccc32)S[C@H]2CC(=O)N2[C@H]1C(=O)OCc1ccc([N+](=O)[O-])cc1. The molecule has 0 aliphatic carbocycles. The smallest absolute Gasteiger partial charge is 0.330 e. The van der Waals surface area contributed by atoms with Crippen LogP contribution >= 0.6 is 11.8 Å². The topological polar surface area (TPSA) is 120 Å². The second-order valence-corrected chi connectivity index (χ2v) is 9.77. The van der Waals surface area contributed by atoms with E-state index in [-0.39, 0.29) is 23.6 Å². The molecule has 3 aromatic rings. The van der Waals surface area contributed by atoms with Crippen LogP contribution in [0.1, 0.15) is 18.9 Å². The van der Waals surface area contributed by atoms with Gasteiger partial charge in [0.25, 0.3) is 5.69 Å². The van der Waals surface area contributed by atoms with E-state index in [0.717, 1.165) is 11.0 Å². The first-order chi connectivity index (χ1) is 15.4. The fourth-order valence-electron chi connectivity index (χ4n) is 4.24. The fraction of sp³-hybridized carbons (Fsp3) is 0.333. The number of amides is 1. The average molecular weight is 453 g/mol. The highest BCUT2D eigenvalue weighted by Gasteiger charge is 2.61. The number of esters is 1. The van der Waals surface area contributed by atoms with Crippen LogP contribution in [0.15, 0.2) is 48.5 Å². The number of para-hydroxylation sites is 1. The van der Waals surface area contributed by atoms with Crippen LogP contribution < -0.4 is 0 Å². The lowest BCUT2D eigenvalue weighted by Gasteiger charge is -2.37. The maximum absolute atomic E-state index is 13.2. The van der Waals surface area contributed by atoms with Gasteiger partial charge in [0.2, 0.25) is 5.91 Å². The van der Waals surface area contributed by atoms with Gasteiger partial charge in [-0.15, -0.1) is 16.9 Å². The number of carbonyl (C=O) groups excluding carboxylic acids is 2. The van der Waals surface area contributed by atoms with Crippen molar-refractivity contribution in [1.29, 1.82) is 0 Å². The van der Waals surface area contributed by atoms with Crippen molar-refractivity contribution < 1.29 is 19.2 Å². The molecule has 3 atom stereocenters. The predicted molar refractivity (Wildman–Crippen MR) is 115 cm³/mol. The van der Waals surface area contributed by atoms with Crippen molar-refractivity contribution in [1.82, 2.24) is 19.9 Å². The number of carbonyl (C=O) groups is 2. The maximum Gasteiger partial charge on any atom is 0.330 e. The zero-order chi connectivity index (χ0) is 22.5. The normalized spacial score (nSPS) is 24.3. The minimum atomic E-state index is -0.764. The van der Waals surface area contributed by atoms with E-state index in [1.54, 1.807) is 33.5 Å². The van der Waals surface area contributed by atoms with Gasteiger partial charge in [-0.2, -0.15) is 0 Å². The third kappa shape index (κ3) is 3.38. The molecule has 0 bridgehead atoms. The Kier molecular flexibility index (Phi) is 4.85. The number of nitro groups is 1. The Bertz CT molecular complexity index is 1230. The Hall–Kier alpha value is -3.47. The number of ether oxygens (including phenoxy) is 1. The molecule has 32 heavy (non-hydrogen) atoms. The lowest BCUT2D eigenvalue weighted by molar-refractivity contribution is -0.384. The molecule has 0 saturated carbocycles. The van der Waals surface area contributed by atoms with Crippen LogP contribution in [0.25, 0.3) is 11.0 Å². The maximum atomic E-state index is 13.2. The number of nitro benzene ring substituents is 1. The molecule has 0 radical (unpaired) electrons. The molecule has 11 heteroatoms. The zero-order valence-electron chi connectivity index (χ0n) is 17.1. The van der Waals surface area contributed by atoms with E-state index in [9.17, 15) is 19.7 Å². The monoisotopic (exact) mass is 453 g/mol. The van der Waals surface area contributed by atoms with E-state index in [1.807, 2.05) is 31.2 Å². The Balaban J connectivity index is 1.36. The van der Waals surface area contributed by atoms with Crippen LogP contribution in [0.5, 0.6) is 0 Å². The highest BCUT2D eigenvalue weighted by Crippen LogP contribution is 2.52. The van der Waals surface area contributed by atoms with E-state index in [0.29, 0.717) is 18.5 Å². The van der Waals surface area contributed by atoms with E-state index in [4.69, 9.17) is 4.74 Å². The van der Waals surface area contributed by atoms with Gasteiger partial charge in [-0.25, -0.2) is 9.48 Å². The zero-order valence-corrected chi connectivity index (χ0v) is 17.9. The molecule has 2 aliphatic heterocycles. The molecule has 3 heterocycles. The molecule has 164 valence electrons. The molecule has 10 nitrogen and oxygen atoms in total.